The van der Waals surface area contributed by atoms with E-state index in [2.05, 4.69) is 10.6 Å². The molecule has 0 bridgehead atoms. The molecule has 2 amide bonds. The number of nitrogens with one attached hydrogen (secondary N) is 2. The summed E-state index contributed by atoms with van der Waals surface area (Å²) in [7, 11) is 0. The quantitative estimate of drug-likeness (QED) is 0.583. The molecule has 2 fully saturated rings. The molecule has 9 heteroatoms. The highest BCUT2D eigenvalue weighted by Crippen LogP contribution is 2.21. The van der Waals surface area contributed by atoms with E-state index >= 15 is 0 Å². The molecule has 1 aromatic heterocycles. The molecule has 2 N–H and O–H groups in total. The van der Waals surface area contributed by atoms with E-state index in [1.165, 1.54) is 17.8 Å². The first-order valence-corrected chi connectivity index (χ1v) is 10.5. The Balaban J connectivity index is 1.60. The van der Waals surface area contributed by atoms with Crippen LogP contribution in [0, 0.1) is 0 Å². The highest BCUT2D eigenvalue weighted by molar-refractivity contribution is 7.80. The van der Waals surface area contributed by atoms with Crippen LogP contribution in [0.5, 0.6) is 0 Å². The van der Waals surface area contributed by atoms with Crippen molar-refractivity contribution in [3.8, 4) is 0 Å². The Labute approximate surface area is 167 Å². The molecule has 1 atom stereocenters. The van der Waals surface area contributed by atoms with Gasteiger partial charge in [-0.25, -0.2) is 0 Å². The van der Waals surface area contributed by atoms with Gasteiger partial charge in [-0.15, -0.1) is 11.3 Å². The van der Waals surface area contributed by atoms with Gasteiger partial charge in [0.05, 0.1) is 11.3 Å². The zero-order chi connectivity index (χ0) is 19.2. The summed E-state index contributed by atoms with van der Waals surface area (Å²) in [6.07, 6.45) is 4.91. The van der Waals surface area contributed by atoms with Gasteiger partial charge in [-0.05, 0) is 49.3 Å². The number of nitrogens with zero attached hydrogens (tertiary/aromatic N) is 1. The molecule has 2 heterocycles. The molecule has 27 heavy (non-hydrogen) atoms. The Hall–Kier alpha value is -2.00. The lowest BCUT2D eigenvalue weighted by atomic mass is 9.98. The van der Waals surface area contributed by atoms with Crippen molar-refractivity contribution in [3.05, 3.63) is 22.4 Å². The van der Waals surface area contributed by atoms with Gasteiger partial charge in [0.2, 0.25) is 5.91 Å². The van der Waals surface area contributed by atoms with Gasteiger partial charge in [-0.3, -0.25) is 19.7 Å². The van der Waals surface area contributed by atoms with Crippen molar-refractivity contribution in [2.24, 2.45) is 0 Å². The number of piperazine rings is 1. The van der Waals surface area contributed by atoms with Gasteiger partial charge in [0.15, 0.2) is 5.11 Å². The molecule has 1 aliphatic heterocycles. The molecular weight excluding hydrogens is 386 g/mol. The number of amides is 2. The Morgan fingerprint density at radius 2 is 2.11 bits per heavy atom. The number of esters is 1. The van der Waals surface area contributed by atoms with Gasteiger partial charge in [-0.1, -0.05) is 12.5 Å². The number of rotatable bonds is 4. The standard InChI is InChI=1S/C18H23N3O4S2/c22-15(25-12-5-2-1-3-6-12)11-13-16(23)19-8-9-21(13)18(26)20-17(24)14-7-4-10-27-14/h4,7,10,12-13H,1-3,5-6,8-9,11H2,(H,19,23)(H,20,24,26). The Kier molecular flexibility index (Phi) is 6.78. The zero-order valence-electron chi connectivity index (χ0n) is 14.9. The van der Waals surface area contributed by atoms with Crippen LogP contribution in [0.15, 0.2) is 17.5 Å². The summed E-state index contributed by atoms with van der Waals surface area (Å²) in [6, 6.07) is 2.71. The van der Waals surface area contributed by atoms with E-state index in [1.54, 1.807) is 22.4 Å². The van der Waals surface area contributed by atoms with Gasteiger partial charge < -0.3 is 15.0 Å². The fourth-order valence-corrected chi connectivity index (χ4v) is 4.30. The van der Waals surface area contributed by atoms with E-state index < -0.39 is 12.0 Å². The topological polar surface area (TPSA) is 87.7 Å². The first-order chi connectivity index (χ1) is 13.0. The summed E-state index contributed by atoms with van der Waals surface area (Å²) < 4.78 is 5.54. The number of carbonyl (C=O) groups is 3. The Bertz CT molecular complexity index is 701. The average molecular weight is 410 g/mol. The maximum Gasteiger partial charge on any atom is 0.308 e. The van der Waals surface area contributed by atoms with Crippen LogP contribution in [0.4, 0.5) is 0 Å². The molecular formula is C18H23N3O4S2. The first kappa shape index (κ1) is 19.8. The lowest BCUT2D eigenvalue weighted by Crippen LogP contribution is -2.60. The fraction of sp³-hybridized carbons (Fsp3) is 0.556. The zero-order valence-corrected chi connectivity index (χ0v) is 16.6. The number of thiocarbonyl (C=S) groups is 1. The summed E-state index contributed by atoms with van der Waals surface area (Å²) in [4.78, 5) is 39.0. The Morgan fingerprint density at radius 3 is 2.81 bits per heavy atom. The van der Waals surface area contributed by atoms with Crippen LogP contribution in [-0.2, 0) is 14.3 Å². The van der Waals surface area contributed by atoms with E-state index in [9.17, 15) is 14.4 Å². The minimum atomic E-state index is -0.772. The van der Waals surface area contributed by atoms with Crippen LogP contribution >= 0.6 is 23.6 Å². The van der Waals surface area contributed by atoms with Crippen molar-refractivity contribution < 1.29 is 19.1 Å². The van der Waals surface area contributed by atoms with Crippen molar-refractivity contribution in [1.29, 1.82) is 0 Å². The number of hydrogen-bond donors (Lipinski definition) is 2. The van der Waals surface area contributed by atoms with Crippen LogP contribution in [0.25, 0.3) is 0 Å². The van der Waals surface area contributed by atoms with E-state index in [0.717, 1.165) is 25.7 Å². The van der Waals surface area contributed by atoms with E-state index in [0.29, 0.717) is 18.0 Å². The average Bonchev–Trinajstić information content (AvgIpc) is 3.19. The van der Waals surface area contributed by atoms with Crippen molar-refractivity contribution in [3.63, 3.8) is 0 Å². The third-order valence-electron chi connectivity index (χ3n) is 4.77. The molecule has 1 saturated heterocycles. The summed E-state index contributed by atoms with van der Waals surface area (Å²) in [6.45, 7) is 0.832. The predicted octanol–water partition coefficient (Wildman–Crippen LogP) is 1.83. The molecule has 146 valence electrons. The highest BCUT2D eigenvalue weighted by atomic mass is 32.1. The monoisotopic (exact) mass is 409 g/mol. The maximum atomic E-state index is 12.3. The predicted molar refractivity (Wildman–Crippen MR) is 105 cm³/mol. The normalized spacial score (nSPS) is 20.7. The summed E-state index contributed by atoms with van der Waals surface area (Å²) in [5.41, 5.74) is 0. The van der Waals surface area contributed by atoms with Crippen molar-refractivity contribution in [2.75, 3.05) is 13.1 Å². The van der Waals surface area contributed by atoms with E-state index in [-0.39, 0.29) is 29.5 Å². The second kappa shape index (κ2) is 9.27. The van der Waals surface area contributed by atoms with E-state index in [4.69, 9.17) is 17.0 Å². The van der Waals surface area contributed by atoms with Gasteiger partial charge in [0, 0.05) is 13.1 Å². The molecule has 7 nitrogen and oxygen atoms in total. The summed E-state index contributed by atoms with van der Waals surface area (Å²) >= 11 is 6.64. The molecule has 2 aliphatic rings. The molecule has 1 aliphatic carbocycles. The highest BCUT2D eigenvalue weighted by Gasteiger charge is 2.35. The number of thiophene rings is 1. The van der Waals surface area contributed by atoms with Crippen molar-refractivity contribution >= 4 is 46.5 Å². The maximum absolute atomic E-state index is 12.3. The van der Waals surface area contributed by atoms with Crippen LogP contribution in [-0.4, -0.2) is 53.0 Å². The van der Waals surface area contributed by atoms with Crippen molar-refractivity contribution in [1.82, 2.24) is 15.5 Å². The molecule has 0 radical (unpaired) electrons. The van der Waals surface area contributed by atoms with Crippen LogP contribution in [0.2, 0.25) is 0 Å². The lowest BCUT2D eigenvalue weighted by Gasteiger charge is -2.36. The van der Waals surface area contributed by atoms with Gasteiger partial charge >= 0.3 is 5.97 Å². The third kappa shape index (κ3) is 5.26. The number of hydrogen-bond acceptors (Lipinski definition) is 6. The molecule has 0 spiro atoms. The first-order valence-electron chi connectivity index (χ1n) is 9.17. The molecule has 1 unspecified atom stereocenters. The SMILES string of the molecule is O=C(CC1C(=O)NCCN1C(=S)NC(=O)c1cccs1)OC1CCCCC1. The minimum absolute atomic E-state index is 0.0585. The van der Waals surface area contributed by atoms with Gasteiger partial charge in [-0.2, -0.15) is 0 Å². The number of ether oxygens (including phenoxy) is 1. The summed E-state index contributed by atoms with van der Waals surface area (Å²) in [5, 5.41) is 7.36. The van der Waals surface area contributed by atoms with Crippen molar-refractivity contribution in [2.45, 2.75) is 50.7 Å². The Morgan fingerprint density at radius 1 is 1.33 bits per heavy atom. The van der Waals surface area contributed by atoms with Gasteiger partial charge in [0.1, 0.15) is 12.1 Å². The second-order valence-electron chi connectivity index (χ2n) is 6.69. The summed E-state index contributed by atoms with van der Waals surface area (Å²) in [5.74, 6) is -1.000. The fourth-order valence-electron chi connectivity index (χ4n) is 3.37. The molecule has 0 aromatic carbocycles. The third-order valence-corrected chi connectivity index (χ3v) is 5.97. The largest absolute Gasteiger partial charge is 0.462 e. The lowest BCUT2D eigenvalue weighted by molar-refractivity contribution is -0.153. The van der Waals surface area contributed by atoms with Crippen LogP contribution in [0.1, 0.15) is 48.2 Å². The van der Waals surface area contributed by atoms with E-state index in [1.807, 2.05) is 0 Å². The van der Waals surface area contributed by atoms with Crippen LogP contribution in [0.3, 0.4) is 0 Å². The molecule has 1 aromatic rings. The minimum Gasteiger partial charge on any atom is -0.462 e. The second-order valence-corrected chi connectivity index (χ2v) is 8.03. The molecule has 1 saturated carbocycles. The molecule has 3 rings (SSSR count). The van der Waals surface area contributed by atoms with Gasteiger partial charge in [0.25, 0.3) is 5.91 Å². The smallest absolute Gasteiger partial charge is 0.308 e. The van der Waals surface area contributed by atoms with Crippen LogP contribution < -0.4 is 10.6 Å². The number of carbonyl (C=O) groups excluding carboxylic acids is 3.